The number of hydrogen-bond acceptors (Lipinski definition) is 5. The maximum Gasteiger partial charge on any atom is 0.497 e. The van der Waals surface area contributed by atoms with Gasteiger partial charge in [-0.1, -0.05) is 12.1 Å². The maximum absolute atomic E-state index is 6.33. The lowest BCUT2D eigenvalue weighted by atomic mass is 9.78. The zero-order valence-electron chi connectivity index (χ0n) is 16.3. The highest BCUT2D eigenvalue weighted by atomic mass is 16.7. The highest BCUT2D eigenvalue weighted by Gasteiger charge is 2.52. The molecule has 0 radical (unpaired) electrons. The fourth-order valence-electron chi connectivity index (χ4n) is 3.76. The molecule has 1 unspecified atom stereocenters. The van der Waals surface area contributed by atoms with Crippen molar-refractivity contribution >= 4 is 23.6 Å². The fourth-order valence-corrected chi connectivity index (χ4v) is 3.76. The Morgan fingerprint density at radius 2 is 1.96 bits per heavy atom. The van der Waals surface area contributed by atoms with E-state index in [1.165, 1.54) is 0 Å². The van der Waals surface area contributed by atoms with Gasteiger partial charge < -0.3 is 23.9 Å². The Labute approximate surface area is 155 Å². The molecule has 0 amide bonds. The van der Waals surface area contributed by atoms with Gasteiger partial charge in [0.2, 0.25) is 0 Å². The molecule has 6 nitrogen and oxygen atoms in total. The standard InChI is InChI=1S/C19H28BN3O3/c1-18(2)19(3,4)26-20(25-18)14-7-6-8-15-17(14)23-13(9-10-21-5)11-24-12-16(23)22-15/h6-8,13,21H,9-12H2,1-5H3. The molecule has 0 aliphatic carbocycles. The van der Waals surface area contributed by atoms with Crippen LogP contribution >= 0.6 is 0 Å². The minimum atomic E-state index is -0.391. The zero-order valence-corrected chi connectivity index (χ0v) is 16.3. The van der Waals surface area contributed by atoms with Gasteiger partial charge in [-0.15, -0.1) is 0 Å². The van der Waals surface area contributed by atoms with Crippen molar-refractivity contribution in [2.75, 3.05) is 20.2 Å². The molecule has 4 rings (SSSR count). The number of imidazole rings is 1. The fraction of sp³-hybridized carbons (Fsp3) is 0.632. The van der Waals surface area contributed by atoms with Crippen molar-refractivity contribution in [2.24, 2.45) is 0 Å². The molecule has 3 heterocycles. The maximum atomic E-state index is 6.33. The normalized spacial score (nSPS) is 24.2. The van der Waals surface area contributed by atoms with E-state index in [2.05, 4.69) is 49.7 Å². The lowest BCUT2D eigenvalue weighted by Gasteiger charge is -2.32. The van der Waals surface area contributed by atoms with E-state index < -0.39 is 7.12 Å². The van der Waals surface area contributed by atoms with Crippen LogP contribution in [0, 0.1) is 0 Å². The van der Waals surface area contributed by atoms with E-state index in [-0.39, 0.29) is 17.2 Å². The van der Waals surface area contributed by atoms with Gasteiger partial charge >= 0.3 is 7.12 Å². The third-order valence-electron chi connectivity index (χ3n) is 5.96. The molecule has 7 heteroatoms. The number of para-hydroxylation sites is 1. The number of benzene rings is 1. The van der Waals surface area contributed by atoms with Gasteiger partial charge in [0, 0.05) is 5.46 Å². The van der Waals surface area contributed by atoms with Crippen molar-refractivity contribution in [1.82, 2.24) is 14.9 Å². The molecule has 1 fully saturated rings. The Balaban J connectivity index is 1.81. The summed E-state index contributed by atoms with van der Waals surface area (Å²) in [7, 11) is 1.59. The van der Waals surface area contributed by atoms with Gasteiger partial charge in [-0.05, 0) is 53.8 Å². The number of ether oxygens (including phenoxy) is 1. The number of aromatic nitrogens is 2. The van der Waals surface area contributed by atoms with Crippen molar-refractivity contribution in [3.8, 4) is 0 Å². The van der Waals surface area contributed by atoms with Crippen LogP contribution in [0.1, 0.15) is 46.0 Å². The van der Waals surface area contributed by atoms with Crippen LogP contribution in [0.3, 0.4) is 0 Å². The van der Waals surface area contributed by atoms with Crippen molar-refractivity contribution in [3.05, 3.63) is 24.0 Å². The van der Waals surface area contributed by atoms with Gasteiger partial charge in [0.25, 0.3) is 0 Å². The van der Waals surface area contributed by atoms with Crippen LogP contribution in [0.5, 0.6) is 0 Å². The summed E-state index contributed by atoms with van der Waals surface area (Å²) >= 11 is 0. The molecule has 1 N–H and O–H groups in total. The number of rotatable bonds is 4. The lowest BCUT2D eigenvalue weighted by molar-refractivity contribution is 0.00578. The predicted molar refractivity (Wildman–Crippen MR) is 103 cm³/mol. The van der Waals surface area contributed by atoms with Gasteiger partial charge in [-0.2, -0.15) is 0 Å². The summed E-state index contributed by atoms with van der Waals surface area (Å²) in [4.78, 5) is 4.82. The molecule has 1 aromatic heterocycles. The quantitative estimate of drug-likeness (QED) is 0.849. The monoisotopic (exact) mass is 357 g/mol. The van der Waals surface area contributed by atoms with Crippen LogP contribution in [-0.2, 0) is 20.7 Å². The molecule has 1 saturated heterocycles. The second kappa shape index (κ2) is 6.34. The molecule has 26 heavy (non-hydrogen) atoms. The Morgan fingerprint density at radius 1 is 1.23 bits per heavy atom. The minimum Gasteiger partial charge on any atom is -0.399 e. The molecule has 0 bridgehead atoms. The third kappa shape index (κ3) is 2.78. The predicted octanol–water partition coefficient (Wildman–Crippen LogP) is 2.02. The van der Waals surface area contributed by atoms with Crippen LogP contribution in [0.2, 0.25) is 0 Å². The first kappa shape index (κ1) is 18.0. The summed E-state index contributed by atoms with van der Waals surface area (Å²) in [5.41, 5.74) is 2.42. The van der Waals surface area contributed by atoms with Crippen molar-refractivity contribution in [1.29, 1.82) is 0 Å². The summed E-state index contributed by atoms with van der Waals surface area (Å²) in [6, 6.07) is 6.46. The first-order chi connectivity index (χ1) is 12.3. The van der Waals surface area contributed by atoms with Crippen LogP contribution < -0.4 is 10.8 Å². The molecule has 140 valence electrons. The van der Waals surface area contributed by atoms with Crippen molar-refractivity contribution in [3.63, 3.8) is 0 Å². The van der Waals surface area contributed by atoms with Crippen molar-refractivity contribution in [2.45, 2.75) is 58.0 Å². The summed E-state index contributed by atoms with van der Waals surface area (Å²) in [6.07, 6.45) is 0.993. The summed E-state index contributed by atoms with van der Waals surface area (Å²) in [6.45, 7) is 10.5. The molecule has 1 aromatic carbocycles. The third-order valence-corrected chi connectivity index (χ3v) is 5.96. The van der Waals surface area contributed by atoms with E-state index in [1.54, 1.807) is 0 Å². The Hall–Kier alpha value is -1.41. The summed E-state index contributed by atoms with van der Waals surface area (Å²) < 4.78 is 20.8. The largest absolute Gasteiger partial charge is 0.497 e. The molecule has 0 spiro atoms. The van der Waals surface area contributed by atoms with E-state index in [0.29, 0.717) is 13.2 Å². The van der Waals surface area contributed by atoms with Crippen LogP contribution in [0.15, 0.2) is 18.2 Å². The van der Waals surface area contributed by atoms with Crippen LogP contribution in [-0.4, -0.2) is 48.1 Å². The topological polar surface area (TPSA) is 57.5 Å². The van der Waals surface area contributed by atoms with Crippen LogP contribution in [0.4, 0.5) is 0 Å². The number of fused-ring (bicyclic) bond motifs is 3. The molecule has 2 aromatic rings. The number of hydrogen-bond donors (Lipinski definition) is 1. The van der Waals surface area contributed by atoms with Crippen LogP contribution in [0.25, 0.3) is 11.0 Å². The van der Waals surface area contributed by atoms with Gasteiger partial charge in [0.05, 0.1) is 34.9 Å². The molecular weight excluding hydrogens is 329 g/mol. The smallest absolute Gasteiger partial charge is 0.399 e. The second-order valence-corrected chi connectivity index (χ2v) is 8.26. The van der Waals surface area contributed by atoms with Gasteiger partial charge in [-0.3, -0.25) is 0 Å². The lowest BCUT2D eigenvalue weighted by Crippen LogP contribution is -2.41. The Morgan fingerprint density at radius 3 is 2.65 bits per heavy atom. The molecule has 1 atom stereocenters. The SMILES string of the molecule is CNCCC1COCc2nc3cccc(B4OC(C)(C)C(C)(C)O4)c3n21. The zero-order chi connectivity index (χ0) is 18.5. The van der Waals surface area contributed by atoms with Gasteiger partial charge in [0.1, 0.15) is 12.4 Å². The van der Waals surface area contributed by atoms with E-state index in [9.17, 15) is 0 Å². The highest BCUT2D eigenvalue weighted by Crippen LogP contribution is 2.37. The Bertz CT molecular complexity index is 802. The average Bonchev–Trinajstić information content (AvgIpc) is 3.07. The van der Waals surface area contributed by atoms with Crippen molar-refractivity contribution < 1.29 is 14.0 Å². The second-order valence-electron chi connectivity index (χ2n) is 8.26. The summed E-state index contributed by atoms with van der Waals surface area (Å²) in [5, 5.41) is 3.24. The van der Waals surface area contributed by atoms with E-state index in [0.717, 1.165) is 35.3 Å². The highest BCUT2D eigenvalue weighted by molar-refractivity contribution is 6.65. The van der Waals surface area contributed by atoms with E-state index in [4.69, 9.17) is 19.0 Å². The minimum absolute atomic E-state index is 0.264. The van der Waals surface area contributed by atoms with Gasteiger partial charge in [-0.25, -0.2) is 4.98 Å². The molecule has 2 aliphatic rings. The summed E-state index contributed by atoms with van der Waals surface area (Å²) in [5.74, 6) is 0.983. The van der Waals surface area contributed by atoms with Gasteiger partial charge in [0.15, 0.2) is 0 Å². The Kier molecular flexibility index (Phi) is 4.38. The number of nitrogens with zero attached hydrogens (tertiary/aromatic N) is 2. The average molecular weight is 357 g/mol. The molecule has 0 saturated carbocycles. The first-order valence-corrected chi connectivity index (χ1v) is 9.42. The first-order valence-electron chi connectivity index (χ1n) is 9.42. The molecular formula is C19H28BN3O3. The van der Waals surface area contributed by atoms with E-state index in [1.807, 2.05) is 13.1 Å². The van der Waals surface area contributed by atoms with E-state index >= 15 is 0 Å². The molecule has 2 aliphatic heterocycles. The number of nitrogens with one attached hydrogen (secondary N) is 1.